The van der Waals surface area contributed by atoms with Crippen LogP contribution >= 0.6 is 0 Å². The third-order valence-corrected chi connectivity index (χ3v) is 2.97. The van der Waals surface area contributed by atoms with E-state index in [2.05, 4.69) is 18.8 Å². The van der Waals surface area contributed by atoms with Gasteiger partial charge in [-0.3, -0.25) is 4.79 Å². The van der Waals surface area contributed by atoms with Crippen LogP contribution in [0.3, 0.4) is 0 Å². The third kappa shape index (κ3) is 2.70. The van der Waals surface area contributed by atoms with E-state index in [4.69, 9.17) is 5.11 Å². The van der Waals surface area contributed by atoms with Gasteiger partial charge in [0.1, 0.15) is 12.4 Å². The molecule has 1 aromatic carbocycles. The number of imidazole rings is 1. The summed E-state index contributed by atoms with van der Waals surface area (Å²) in [5, 5.41) is 9.00. The van der Waals surface area contributed by atoms with Crippen LogP contribution in [0.15, 0.2) is 24.3 Å². The lowest BCUT2D eigenvalue weighted by Gasteiger charge is -2.07. The fourth-order valence-electron chi connectivity index (χ4n) is 2.05. The SMILES string of the molecule is CC(C)CCc1nc2ccccc2n1CC(=O)O. The van der Waals surface area contributed by atoms with E-state index in [-0.39, 0.29) is 6.54 Å². The number of carboxylic acids is 1. The van der Waals surface area contributed by atoms with Crippen LogP contribution in [0, 0.1) is 5.92 Å². The average molecular weight is 246 g/mol. The Morgan fingerprint density at radius 3 is 2.78 bits per heavy atom. The lowest BCUT2D eigenvalue weighted by Crippen LogP contribution is -2.12. The van der Waals surface area contributed by atoms with Crippen LogP contribution in [-0.2, 0) is 17.8 Å². The lowest BCUT2D eigenvalue weighted by molar-refractivity contribution is -0.137. The molecule has 1 aromatic heterocycles. The van der Waals surface area contributed by atoms with Crippen molar-refractivity contribution in [2.45, 2.75) is 33.2 Å². The number of carboxylic acid groups (broad SMARTS) is 1. The Balaban J connectivity index is 2.39. The first-order chi connectivity index (χ1) is 8.58. The summed E-state index contributed by atoms with van der Waals surface area (Å²) >= 11 is 0. The van der Waals surface area contributed by atoms with Crippen molar-refractivity contribution in [2.75, 3.05) is 0 Å². The summed E-state index contributed by atoms with van der Waals surface area (Å²) in [5.74, 6) is 0.624. The van der Waals surface area contributed by atoms with Crippen LogP contribution in [0.2, 0.25) is 0 Å². The van der Waals surface area contributed by atoms with E-state index < -0.39 is 5.97 Å². The third-order valence-electron chi connectivity index (χ3n) is 2.97. The molecule has 0 unspecified atom stereocenters. The van der Waals surface area contributed by atoms with Gasteiger partial charge >= 0.3 is 5.97 Å². The number of nitrogens with zero attached hydrogens (tertiary/aromatic N) is 2. The van der Waals surface area contributed by atoms with E-state index >= 15 is 0 Å². The second-order valence-electron chi connectivity index (χ2n) is 4.93. The zero-order valence-electron chi connectivity index (χ0n) is 10.8. The maximum absolute atomic E-state index is 11.0. The predicted octanol–water partition coefficient (Wildman–Crippen LogP) is 2.71. The van der Waals surface area contributed by atoms with E-state index in [1.165, 1.54) is 0 Å². The first-order valence-corrected chi connectivity index (χ1v) is 6.24. The fraction of sp³-hybridized carbons (Fsp3) is 0.429. The molecule has 0 radical (unpaired) electrons. The van der Waals surface area contributed by atoms with Crippen LogP contribution in [0.4, 0.5) is 0 Å². The summed E-state index contributed by atoms with van der Waals surface area (Å²) in [6, 6.07) is 7.68. The van der Waals surface area contributed by atoms with Gasteiger partial charge in [-0.15, -0.1) is 0 Å². The molecule has 4 heteroatoms. The number of fused-ring (bicyclic) bond motifs is 1. The Labute approximate surface area is 106 Å². The summed E-state index contributed by atoms with van der Waals surface area (Å²) in [7, 11) is 0. The van der Waals surface area contributed by atoms with Crippen molar-refractivity contribution in [1.82, 2.24) is 9.55 Å². The molecule has 0 aliphatic rings. The fourth-order valence-corrected chi connectivity index (χ4v) is 2.05. The van der Waals surface area contributed by atoms with Gasteiger partial charge in [-0.2, -0.15) is 0 Å². The number of aliphatic carboxylic acids is 1. The van der Waals surface area contributed by atoms with Crippen molar-refractivity contribution in [3.63, 3.8) is 0 Å². The van der Waals surface area contributed by atoms with Crippen LogP contribution in [0.1, 0.15) is 26.1 Å². The molecule has 0 amide bonds. The normalized spacial score (nSPS) is 11.3. The Morgan fingerprint density at radius 2 is 2.11 bits per heavy atom. The van der Waals surface area contributed by atoms with Crippen LogP contribution in [0.25, 0.3) is 11.0 Å². The molecule has 0 spiro atoms. The number of aryl methyl sites for hydroxylation is 1. The standard InChI is InChI=1S/C14H18N2O2/c1-10(2)7-8-13-15-11-5-3-4-6-12(11)16(13)9-14(17)18/h3-6,10H,7-9H2,1-2H3,(H,17,18). The molecule has 2 aromatic rings. The molecular formula is C14H18N2O2. The monoisotopic (exact) mass is 246 g/mol. The van der Waals surface area contributed by atoms with E-state index in [0.29, 0.717) is 5.92 Å². The second kappa shape index (κ2) is 5.21. The molecule has 0 bridgehead atoms. The van der Waals surface area contributed by atoms with E-state index in [0.717, 1.165) is 29.7 Å². The summed E-state index contributed by atoms with van der Waals surface area (Å²) in [6.07, 6.45) is 1.84. The van der Waals surface area contributed by atoms with Gasteiger partial charge in [0.25, 0.3) is 0 Å². The van der Waals surface area contributed by atoms with Gasteiger partial charge in [-0.1, -0.05) is 26.0 Å². The zero-order chi connectivity index (χ0) is 13.1. The molecule has 0 aliphatic heterocycles. The van der Waals surface area contributed by atoms with Crippen molar-refractivity contribution in [1.29, 1.82) is 0 Å². The molecule has 0 fully saturated rings. The minimum atomic E-state index is -0.830. The Morgan fingerprint density at radius 1 is 1.39 bits per heavy atom. The highest BCUT2D eigenvalue weighted by Crippen LogP contribution is 2.18. The Hall–Kier alpha value is -1.84. The number of carbonyl (C=O) groups is 1. The minimum absolute atomic E-state index is 0.0199. The predicted molar refractivity (Wildman–Crippen MR) is 70.5 cm³/mol. The average Bonchev–Trinajstić information content (AvgIpc) is 2.64. The molecule has 18 heavy (non-hydrogen) atoms. The maximum atomic E-state index is 11.0. The van der Waals surface area contributed by atoms with Gasteiger partial charge in [0.15, 0.2) is 0 Å². The summed E-state index contributed by atoms with van der Waals surface area (Å²) in [4.78, 5) is 15.5. The highest BCUT2D eigenvalue weighted by atomic mass is 16.4. The molecule has 2 rings (SSSR count). The Kier molecular flexibility index (Phi) is 3.65. The van der Waals surface area contributed by atoms with Gasteiger partial charge < -0.3 is 9.67 Å². The molecule has 96 valence electrons. The van der Waals surface area contributed by atoms with E-state index in [1.807, 2.05) is 24.3 Å². The van der Waals surface area contributed by atoms with Gasteiger partial charge in [0.2, 0.25) is 0 Å². The topological polar surface area (TPSA) is 55.1 Å². The summed E-state index contributed by atoms with van der Waals surface area (Å²) in [5.41, 5.74) is 1.77. The molecule has 1 heterocycles. The van der Waals surface area contributed by atoms with Crippen molar-refractivity contribution in [3.8, 4) is 0 Å². The van der Waals surface area contributed by atoms with Crippen molar-refractivity contribution in [2.24, 2.45) is 5.92 Å². The number of rotatable bonds is 5. The first-order valence-electron chi connectivity index (χ1n) is 6.24. The molecule has 0 saturated heterocycles. The van der Waals surface area contributed by atoms with Crippen LogP contribution < -0.4 is 0 Å². The number of hydrogen-bond donors (Lipinski definition) is 1. The number of hydrogen-bond acceptors (Lipinski definition) is 2. The van der Waals surface area contributed by atoms with E-state index in [9.17, 15) is 4.79 Å². The van der Waals surface area contributed by atoms with Gasteiger partial charge in [0.05, 0.1) is 11.0 Å². The zero-order valence-corrected chi connectivity index (χ0v) is 10.8. The van der Waals surface area contributed by atoms with E-state index in [1.54, 1.807) is 4.57 Å². The second-order valence-corrected chi connectivity index (χ2v) is 4.93. The molecule has 1 N–H and O–H groups in total. The number of benzene rings is 1. The van der Waals surface area contributed by atoms with Crippen molar-refractivity contribution in [3.05, 3.63) is 30.1 Å². The highest BCUT2D eigenvalue weighted by Gasteiger charge is 2.12. The highest BCUT2D eigenvalue weighted by molar-refractivity contribution is 5.78. The number of aromatic nitrogens is 2. The van der Waals surface area contributed by atoms with Crippen LogP contribution in [0.5, 0.6) is 0 Å². The molecule has 0 saturated carbocycles. The summed E-state index contributed by atoms with van der Waals surface area (Å²) < 4.78 is 1.81. The van der Waals surface area contributed by atoms with Gasteiger partial charge in [-0.25, -0.2) is 4.98 Å². The summed E-state index contributed by atoms with van der Waals surface area (Å²) in [6.45, 7) is 4.29. The van der Waals surface area contributed by atoms with Gasteiger partial charge in [0, 0.05) is 6.42 Å². The molecule has 0 atom stereocenters. The molecule has 0 aliphatic carbocycles. The van der Waals surface area contributed by atoms with Crippen molar-refractivity contribution >= 4 is 17.0 Å². The smallest absolute Gasteiger partial charge is 0.323 e. The minimum Gasteiger partial charge on any atom is -0.480 e. The largest absolute Gasteiger partial charge is 0.480 e. The lowest BCUT2D eigenvalue weighted by atomic mass is 10.1. The number of para-hydroxylation sites is 2. The first kappa shape index (κ1) is 12.6. The Bertz CT molecular complexity index is 558. The van der Waals surface area contributed by atoms with Gasteiger partial charge in [-0.05, 0) is 24.5 Å². The molecule has 4 nitrogen and oxygen atoms in total. The molecular weight excluding hydrogens is 228 g/mol. The maximum Gasteiger partial charge on any atom is 0.323 e. The van der Waals surface area contributed by atoms with Crippen molar-refractivity contribution < 1.29 is 9.90 Å². The quantitative estimate of drug-likeness (QED) is 0.882. The van der Waals surface area contributed by atoms with Crippen LogP contribution in [-0.4, -0.2) is 20.6 Å².